The van der Waals surface area contributed by atoms with Crippen LogP contribution in [0.1, 0.15) is 42.7 Å². The van der Waals surface area contributed by atoms with Crippen LogP contribution in [0, 0.1) is 24.5 Å². The van der Waals surface area contributed by atoms with E-state index in [-0.39, 0.29) is 45.3 Å². The number of fused-ring (bicyclic) bond motifs is 1. The summed E-state index contributed by atoms with van der Waals surface area (Å²) in [6.07, 6.45) is 0.866. The van der Waals surface area contributed by atoms with Gasteiger partial charge in [-0.3, -0.25) is 14.2 Å². The lowest BCUT2D eigenvalue weighted by Crippen LogP contribution is -2.15. The number of hydrogen-bond acceptors (Lipinski definition) is 4. The SMILES string of the molecule is CCC(C)CC(=O)Oc1c(C)n(C(=O)c2ccc(Cl)c(F)c2)c2ccc(O)c(F)c12. The second-order valence-corrected chi connectivity index (χ2v) is 7.58. The molecule has 1 heterocycles. The minimum atomic E-state index is -1.02. The van der Waals surface area contributed by atoms with Gasteiger partial charge in [0.05, 0.1) is 21.6 Å². The number of halogens is 3. The maximum Gasteiger partial charge on any atom is 0.311 e. The molecule has 1 atom stereocenters. The molecule has 3 aromatic rings. The zero-order valence-electron chi connectivity index (χ0n) is 16.6. The van der Waals surface area contributed by atoms with Crippen LogP contribution in [0.3, 0.4) is 0 Å². The summed E-state index contributed by atoms with van der Waals surface area (Å²) in [5, 5.41) is 9.46. The van der Waals surface area contributed by atoms with Crippen LogP contribution in [0.2, 0.25) is 5.02 Å². The summed E-state index contributed by atoms with van der Waals surface area (Å²) < 4.78 is 35.2. The number of hydrogen-bond donors (Lipinski definition) is 1. The molecule has 0 aliphatic carbocycles. The third-order valence-corrected chi connectivity index (χ3v) is 5.34. The van der Waals surface area contributed by atoms with Crippen molar-refractivity contribution in [2.24, 2.45) is 5.92 Å². The molecule has 1 unspecified atom stereocenters. The van der Waals surface area contributed by atoms with Crippen molar-refractivity contribution in [2.45, 2.75) is 33.6 Å². The van der Waals surface area contributed by atoms with Gasteiger partial charge < -0.3 is 9.84 Å². The van der Waals surface area contributed by atoms with Gasteiger partial charge in [0.1, 0.15) is 5.82 Å². The topological polar surface area (TPSA) is 68.5 Å². The maximum atomic E-state index is 14.8. The Kier molecular flexibility index (Phi) is 6.12. The van der Waals surface area contributed by atoms with Crippen LogP contribution in [0.4, 0.5) is 8.78 Å². The van der Waals surface area contributed by atoms with Gasteiger partial charge in [-0.1, -0.05) is 31.9 Å². The smallest absolute Gasteiger partial charge is 0.311 e. The van der Waals surface area contributed by atoms with E-state index < -0.39 is 29.3 Å². The van der Waals surface area contributed by atoms with E-state index in [4.69, 9.17) is 16.3 Å². The fourth-order valence-corrected chi connectivity index (χ4v) is 3.27. The van der Waals surface area contributed by atoms with Crippen molar-refractivity contribution < 1.29 is 28.2 Å². The summed E-state index contributed by atoms with van der Waals surface area (Å²) in [5.74, 6) is -3.79. The maximum absolute atomic E-state index is 14.8. The zero-order valence-corrected chi connectivity index (χ0v) is 17.4. The minimum absolute atomic E-state index is 0.0251. The first-order chi connectivity index (χ1) is 14.1. The van der Waals surface area contributed by atoms with E-state index in [1.165, 1.54) is 25.1 Å². The molecular weight excluding hydrogens is 416 g/mol. The highest BCUT2D eigenvalue weighted by Crippen LogP contribution is 2.38. The lowest BCUT2D eigenvalue weighted by Gasteiger charge is -2.10. The number of phenols is 1. The molecule has 30 heavy (non-hydrogen) atoms. The van der Waals surface area contributed by atoms with Crippen LogP contribution in [0.15, 0.2) is 30.3 Å². The van der Waals surface area contributed by atoms with Gasteiger partial charge in [-0.15, -0.1) is 0 Å². The minimum Gasteiger partial charge on any atom is -0.505 e. The number of aromatic hydroxyl groups is 1. The van der Waals surface area contributed by atoms with Crippen molar-refractivity contribution in [3.05, 3.63) is 58.2 Å². The Morgan fingerprint density at radius 2 is 1.93 bits per heavy atom. The summed E-state index contributed by atoms with van der Waals surface area (Å²) in [6, 6.07) is 5.97. The fraction of sp³-hybridized carbons (Fsp3) is 0.273. The second-order valence-electron chi connectivity index (χ2n) is 7.17. The highest BCUT2D eigenvalue weighted by atomic mass is 35.5. The first kappa shape index (κ1) is 21.8. The van der Waals surface area contributed by atoms with Crippen molar-refractivity contribution in [1.82, 2.24) is 4.57 Å². The predicted molar refractivity (Wildman–Crippen MR) is 109 cm³/mol. The van der Waals surface area contributed by atoms with E-state index in [1.54, 1.807) is 0 Å². The molecule has 0 saturated heterocycles. The Bertz CT molecular complexity index is 1160. The third kappa shape index (κ3) is 3.89. The van der Waals surface area contributed by atoms with Gasteiger partial charge in [0.25, 0.3) is 5.91 Å². The Balaban J connectivity index is 2.17. The standard InChI is InChI=1S/C22H20ClF2NO4/c1-4-11(2)9-18(28)30-21-12(3)26(16-7-8-17(27)20(25)19(16)21)22(29)13-5-6-14(23)15(24)10-13/h5-8,10-11,27H,4,9H2,1-3H3. The molecule has 0 aliphatic heterocycles. The van der Waals surface area contributed by atoms with Gasteiger partial charge in [0.15, 0.2) is 17.3 Å². The lowest BCUT2D eigenvalue weighted by molar-refractivity contribution is -0.135. The third-order valence-electron chi connectivity index (χ3n) is 5.03. The quantitative estimate of drug-likeness (QED) is 0.528. The number of benzene rings is 2. The average Bonchev–Trinajstić information content (AvgIpc) is 2.98. The molecule has 0 amide bonds. The molecule has 1 N–H and O–H groups in total. The van der Waals surface area contributed by atoms with E-state index in [0.29, 0.717) is 0 Å². The molecule has 0 fully saturated rings. The highest BCUT2D eigenvalue weighted by molar-refractivity contribution is 6.30. The molecule has 0 bridgehead atoms. The monoisotopic (exact) mass is 435 g/mol. The van der Waals surface area contributed by atoms with Gasteiger partial charge in [0.2, 0.25) is 0 Å². The van der Waals surface area contributed by atoms with Crippen LogP contribution in [-0.2, 0) is 4.79 Å². The first-order valence-electron chi connectivity index (χ1n) is 9.38. The Labute approximate surface area is 176 Å². The van der Waals surface area contributed by atoms with Gasteiger partial charge in [-0.2, -0.15) is 0 Å². The molecule has 0 saturated carbocycles. The normalized spacial score (nSPS) is 12.2. The summed E-state index contributed by atoms with van der Waals surface area (Å²) in [4.78, 5) is 25.4. The average molecular weight is 436 g/mol. The molecule has 8 heteroatoms. The van der Waals surface area contributed by atoms with Crippen molar-refractivity contribution in [1.29, 1.82) is 0 Å². The zero-order chi connectivity index (χ0) is 22.2. The number of nitrogens with zero attached hydrogens (tertiary/aromatic N) is 1. The molecule has 2 aromatic carbocycles. The number of carbonyl (C=O) groups excluding carboxylic acids is 2. The number of aromatic nitrogens is 1. The van der Waals surface area contributed by atoms with Crippen LogP contribution < -0.4 is 4.74 Å². The Morgan fingerprint density at radius 3 is 2.57 bits per heavy atom. The molecular formula is C22H20ClF2NO4. The van der Waals surface area contributed by atoms with Gasteiger partial charge in [0, 0.05) is 12.0 Å². The number of esters is 1. The summed E-state index contributed by atoms with van der Waals surface area (Å²) in [7, 11) is 0. The van der Waals surface area contributed by atoms with Crippen LogP contribution >= 0.6 is 11.6 Å². The summed E-state index contributed by atoms with van der Waals surface area (Å²) in [5.41, 5.74) is 0.199. The van der Waals surface area contributed by atoms with Crippen LogP contribution in [-0.4, -0.2) is 21.6 Å². The summed E-state index contributed by atoms with van der Waals surface area (Å²) in [6.45, 7) is 5.28. The summed E-state index contributed by atoms with van der Waals surface area (Å²) >= 11 is 5.68. The number of ether oxygens (including phenoxy) is 1. The second kappa shape index (κ2) is 8.44. The number of phenolic OH excluding ortho intramolecular Hbond substituents is 1. The van der Waals surface area contributed by atoms with Crippen LogP contribution in [0.5, 0.6) is 11.5 Å². The van der Waals surface area contributed by atoms with Crippen LogP contribution in [0.25, 0.3) is 10.9 Å². The number of carbonyl (C=O) groups is 2. The molecule has 5 nitrogen and oxygen atoms in total. The largest absolute Gasteiger partial charge is 0.505 e. The van der Waals surface area contributed by atoms with Crippen molar-refractivity contribution >= 4 is 34.4 Å². The van der Waals surface area contributed by atoms with Gasteiger partial charge >= 0.3 is 5.97 Å². The molecule has 158 valence electrons. The van der Waals surface area contributed by atoms with E-state index in [0.717, 1.165) is 23.1 Å². The molecule has 0 radical (unpaired) electrons. The van der Waals surface area contributed by atoms with Crippen molar-refractivity contribution in [3.8, 4) is 11.5 Å². The molecule has 0 spiro atoms. The van der Waals surface area contributed by atoms with E-state index in [9.17, 15) is 23.5 Å². The van der Waals surface area contributed by atoms with Crippen molar-refractivity contribution in [2.75, 3.05) is 0 Å². The van der Waals surface area contributed by atoms with Gasteiger partial charge in [-0.25, -0.2) is 8.78 Å². The molecule has 3 rings (SSSR count). The van der Waals surface area contributed by atoms with Crippen molar-refractivity contribution in [3.63, 3.8) is 0 Å². The van der Waals surface area contributed by atoms with E-state index in [1.807, 2.05) is 13.8 Å². The Hall–Kier alpha value is -2.93. The first-order valence-corrected chi connectivity index (χ1v) is 9.76. The van der Waals surface area contributed by atoms with Gasteiger partial charge in [-0.05, 0) is 43.2 Å². The fourth-order valence-electron chi connectivity index (χ4n) is 3.15. The highest BCUT2D eigenvalue weighted by Gasteiger charge is 2.27. The Morgan fingerprint density at radius 1 is 1.23 bits per heavy atom. The number of rotatable bonds is 5. The van der Waals surface area contributed by atoms with E-state index in [2.05, 4.69) is 0 Å². The predicted octanol–water partition coefficient (Wildman–Crippen LogP) is 5.62. The van der Waals surface area contributed by atoms with E-state index >= 15 is 0 Å². The lowest BCUT2D eigenvalue weighted by atomic mass is 10.1. The molecule has 0 aliphatic rings. The molecule has 1 aromatic heterocycles.